The highest BCUT2D eigenvalue weighted by Gasteiger charge is 2.23. The van der Waals surface area contributed by atoms with Crippen LogP contribution >= 0.6 is 23.4 Å². The van der Waals surface area contributed by atoms with Crippen LogP contribution in [0, 0.1) is 0 Å². The summed E-state index contributed by atoms with van der Waals surface area (Å²) in [5.74, 6) is -1.02. The fourth-order valence-electron chi connectivity index (χ4n) is 2.31. The fraction of sp³-hybridized carbons (Fsp3) is 0.500. The van der Waals surface area contributed by atoms with Gasteiger partial charge < -0.3 is 10.2 Å². The Hall–Kier alpha value is -0.710. The van der Waals surface area contributed by atoms with Crippen LogP contribution in [0.5, 0.6) is 0 Å². The molecule has 1 aromatic rings. The minimum atomic E-state index is -1.02. The number of carboxylic acid groups (broad SMARTS) is 1. The molecule has 1 fully saturated rings. The van der Waals surface area contributed by atoms with Crippen molar-refractivity contribution in [3.05, 3.63) is 28.8 Å². The van der Waals surface area contributed by atoms with E-state index in [4.69, 9.17) is 16.7 Å². The summed E-state index contributed by atoms with van der Waals surface area (Å²) < 4.78 is 0. The number of halogens is 1. The van der Waals surface area contributed by atoms with E-state index in [-0.39, 0.29) is 21.9 Å². The van der Waals surface area contributed by atoms with Gasteiger partial charge in [-0.15, -0.1) is 11.8 Å². The number of aromatic carboxylic acids is 1. The van der Waals surface area contributed by atoms with Crippen molar-refractivity contribution in [2.45, 2.75) is 48.4 Å². The van der Waals surface area contributed by atoms with Crippen molar-refractivity contribution in [3.63, 3.8) is 0 Å². The predicted molar refractivity (Wildman–Crippen MR) is 77.1 cm³/mol. The largest absolute Gasteiger partial charge is 0.478 e. The maximum absolute atomic E-state index is 11.0. The molecule has 104 valence electrons. The van der Waals surface area contributed by atoms with Crippen molar-refractivity contribution in [2.24, 2.45) is 0 Å². The van der Waals surface area contributed by atoms with Gasteiger partial charge >= 0.3 is 5.97 Å². The van der Waals surface area contributed by atoms with Gasteiger partial charge in [-0.3, -0.25) is 0 Å². The molecule has 3 nitrogen and oxygen atoms in total. The minimum Gasteiger partial charge on any atom is -0.478 e. The van der Waals surface area contributed by atoms with E-state index in [1.165, 1.54) is 0 Å². The van der Waals surface area contributed by atoms with E-state index in [1.54, 1.807) is 23.9 Å². The third-order valence-corrected chi connectivity index (χ3v) is 5.08. The first-order valence-corrected chi connectivity index (χ1v) is 7.71. The van der Waals surface area contributed by atoms with Crippen molar-refractivity contribution < 1.29 is 15.0 Å². The second-order valence-corrected chi connectivity index (χ2v) is 6.53. The first kappa shape index (κ1) is 14.7. The SMILES string of the molecule is O=C(O)c1cc(SC2CCCCCC2O)ccc1Cl. The molecule has 0 radical (unpaired) electrons. The summed E-state index contributed by atoms with van der Waals surface area (Å²) in [4.78, 5) is 11.9. The normalized spacial score (nSPS) is 23.9. The number of benzene rings is 1. The lowest BCUT2D eigenvalue weighted by molar-refractivity contribution is 0.0697. The zero-order valence-electron chi connectivity index (χ0n) is 10.5. The van der Waals surface area contributed by atoms with Gasteiger partial charge in [0.15, 0.2) is 0 Å². The summed E-state index contributed by atoms with van der Waals surface area (Å²) >= 11 is 7.40. The third kappa shape index (κ3) is 3.88. The van der Waals surface area contributed by atoms with Crippen molar-refractivity contribution in [1.29, 1.82) is 0 Å². The number of hydrogen-bond donors (Lipinski definition) is 2. The zero-order chi connectivity index (χ0) is 13.8. The maximum atomic E-state index is 11.0. The summed E-state index contributed by atoms with van der Waals surface area (Å²) in [5, 5.41) is 19.5. The van der Waals surface area contributed by atoms with Crippen LogP contribution < -0.4 is 0 Å². The summed E-state index contributed by atoms with van der Waals surface area (Å²) in [7, 11) is 0. The second kappa shape index (κ2) is 6.64. The van der Waals surface area contributed by atoms with Gasteiger partial charge in [-0.25, -0.2) is 4.79 Å². The number of aliphatic hydroxyl groups is 1. The molecule has 19 heavy (non-hydrogen) atoms. The molecule has 0 aromatic heterocycles. The van der Waals surface area contributed by atoms with Crippen molar-refractivity contribution in [1.82, 2.24) is 0 Å². The molecule has 1 aromatic carbocycles. The Bertz CT molecular complexity index is 464. The van der Waals surface area contributed by atoms with Crippen LogP contribution in [0.2, 0.25) is 5.02 Å². The average Bonchev–Trinajstić information content (AvgIpc) is 2.57. The highest BCUT2D eigenvalue weighted by Crippen LogP contribution is 2.34. The number of carbonyl (C=O) groups is 1. The number of thioether (sulfide) groups is 1. The standard InChI is InChI=1S/C14H17ClO3S/c15-11-7-6-9(8-10(11)14(17)18)19-13-5-3-1-2-4-12(13)16/h6-8,12-13,16H,1-5H2,(H,17,18). The Labute approximate surface area is 122 Å². The van der Waals surface area contributed by atoms with Crippen LogP contribution in [-0.2, 0) is 0 Å². The van der Waals surface area contributed by atoms with Gasteiger partial charge in [0.05, 0.1) is 16.7 Å². The molecule has 0 amide bonds. The summed E-state index contributed by atoms with van der Waals surface area (Å²) in [5.41, 5.74) is 0.120. The van der Waals surface area contributed by atoms with Gasteiger partial charge in [-0.2, -0.15) is 0 Å². The Morgan fingerprint density at radius 1 is 1.26 bits per heavy atom. The number of hydrogen-bond acceptors (Lipinski definition) is 3. The molecule has 2 unspecified atom stereocenters. The molecule has 2 atom stereocenters. The lowest BCUT2D eigenvalue weighted by Gasteiger charge is -2.19. The average molecular weight is 301 g/mol. The molecule has 0 bridgehead atoms. The van der Waals surface area contributed by atoms with E-state index in [9.17, 15) is 9.90 Å². The molecule has 2 N–H and O–H groups in total. The van der Waals surface area contributed by atoms with E-state index in [2.05, 4.69) is 0 Å². The highest BCUT2D eigenvalue weighted by molar-refractivity contribution is 8.00. The van der Waals surface area contributed by atoms with Crippen LogP contribution in [0.4, 0.5) is 0 Å². The monoisotopic (exact) mass is 300 g/mol. The van der Waals surface area contributed by atoms with Crippen molar-refractivity contribution in [3.8, 4) is 0 Å². The zero-order valence-corrected chi connectivity index (χ0v) is 12.1. The van der Waals surface area contributed by atoms with Crippen LogP contribution in [0.25, 0.3) is 0 Å². The molecule has 1 saturated carbocycles. The minimum absolute atomic E-state index is 0.120. The van der Waals surface area contributed by atoms with Gasteiger partial charge in [0.25, 0.3) is 0 Å². The maximum Gasteiger partial charge on any atom is 0.337 e. The lowest BCUT2D eigenvalue weighted by Crippen LogP contribution is -2.21. The molecule has 0 aliphatic heterocycles. The molecule has 1 aliphatic carbocycles. The first-order valence-electron chi connectivity index (χ1n) is 6.45. The second-order valence-electron chi connectivity index (χ2n) is 4.81. The van der Waals surface area contributed by atoms with Crippen LogP contribution in [0.3, 0.4) is 0 Å². The van der Waals surface area contributed by atoms with Crippen LogP contribution in [0.1, 0.15) is 42.5 Å². The Balaban J connectivity index is 2.13. The van der Waals surface area contributed by atoms with Gasteiger partial charge in [0, 0.05) is 10.1 Å². The number of aliphatic hydroxyl groups excluding tert-OH is 1. The molecule has 1 aliphatic rings. The fourth-order valence-corrected chi connectivity index (χ4v) is 3.77. The molecule has 0 spiro atoms. The van der Waals surface area contributed by atoms with E-state index >= 15 is 0 Å². The summed E-state index contributed by atoms with van der Waals surface area (Å²) in [6.45, 7) is 0. The summed E-state index contributed by atoms with van der Waals surface area (Å²) in [6, 6.07) is 5.01. The van der Waals surface area contributed by atoms with Crippen LogP contribution in [-0.4, -0.2) is 27.5 Å². The van der Waals surface area contributed by atoms with Gasteiger partial charge in [0.1, 0.15) is 0 Å². The quantitative estimate of drug-likeness (QED) is 0.833. The molecule has 0 saturated heterocycles. The van der Waals surface area contributed by atoms with Gasteiger partial charge in [-0.1, -0.05) is 30.9 Å². The van der Waals surface area contributed by atoms with E-state index in [1.807, 2.05) is 6.07 Å². The van der Waals surface area contributed by atoms with E-state index in [0.717, 1.165) is 37.0 Å². The predicted octanol–water partition coefficient (Wildman–Crippen LogP) is 3.82. The Morgan fingerprint density at radius 2 is 2.00 bits per heavy atom. The first-order chi connectivity index (χ1) is 9.08. The van der Waals surface area contributed by atoms with Crippen molar-refractivity contribution in [2.75, 3.05) is 0 Å². The van der Waals surface area contributed by atoms with Crippen molar-refractivity contribution >= 4 is 29.3 Å². The smallest absolute Gasteiger partial charge is 0.337 e. The lowest BCUT2D eigenvalue weighted by atomic mass is 10.1. The molecule has 5 heteroatoms. The van der Waals surface area contributed by atoms with Gasteiger partial charge in [0.2, 0.25) is 0 Å². The molecule has 0 heterocycles. The van der Waals surface area contributed by atoms with E-state index in [0.29, 0.717) is 0 Å². The molecule has 2 rings (SSSR count). The number of rotatable bonds is 3. The van der Waals surface area contributed by atoms with Gasteiger partial charge in [-0.05, 0) is 31.0 Å². The Kier molecular flexibility index (Phi) is 5.13. The molecular formula is C14H17ClO3S. The Morgan fingerprint density at radius 3 is 2.74 bits per heavy atom. The van der Waals surface area contributed by atoms with E-state index < -0.39 is 5.97 Å². The highest BCUT2D eigenvalue weighted by atomic mass is 35.5. The number of carboxylic acids is 1. The third-order valence-electron chi connectivity index (χ3n) is 3.37. The van der Waals surface area contributed by atoms with Crippen LogP contribution in [0.15, 0.2) is 23.1 Å². The topological polar surface area (TPSA) is 57.5 Å². The summed E-state index contributed by atoms with van der Waals surface area (Å²) in [6.07, 6.45) is 4.84. The molecular weight excluding hydrogens is 284 g/mol.